The van der Waals surface area contributed by atoms with E-state index in [9.17, 15) is 4.79 Å². The second-order valence-electron chi connectivity index (χ2n) is 4.87. The standard InChI is InChI=1S/C18H20N2O2/c1-14(16-9-11-17(22-2)12-10-16)19-20-18(21)13-8-15-6-4-3-5-7-15/h3-7,9-12,19H,1,8,13H2,2H3,(H,20,21). The lowest BCUT2D eigenvalue weighted by Gasteiger charge is -2.11. The van der Waals surface area contributed by atoms with Gasteiger partial charge in [0, 0.05) is 6.42 Å². The van der Waals surface area contributed by atoms with Crippen molar-refractivity contribution in [3.05, 3.63) is 72.3 Å². The summed E-state index contributed by atoms with van der Waals surface area (Å²) >= 11 is 0. The first-order valence-electron chi connectivity index (χ1n) is 7.11. The Balaban J connectivity index is 1.76. The first-order chi connectivity index (χ1) is 10.7. The highest BCUT2D eigenvalue weighted by Crippen LogP contribution is 2.15. The van der Waals surface area contributed by atoms with Gasteiger partial charge in [-0.15, -0.1) is 0 Å². The summed E-state index contributed by atoms with van der Waals surface area (Å²) in [6.07, 6.45) is 1.14. The van der Waals surface area contributed by atoms with E-state index in [0.717, 1.165) is 16.9 Å². The third-order valence-corrected chi connectivity index (χ3v) is 3.27. The molecule has 2 rings (SSSR count). The maximum absolute atomic E-state index is 11.8. The van der Waals surface area contributed by atoms with Crippen LogP contribution in [0.1, 0.15) is 17.5 Å². The van der Waals surface area contributed by atoms with Gasteiger partial charge < -0.3 is 4.74 Å². The number of carbonyl (C=O) groups is 1. The maximum Gasteiger partial charge on any atom is 0.238 e. The van der Waals surface area contributed by atoms with E-state index in [0.29, 0.717) is 18.5 Å². The SMILES string of the molecule is C=C(NNC(=O)CCc1ccccc1)c1ccc(OC)cc1. The van der Waals surface area contributed by atoms with Crippen LogP contribution in [0.15, 0.2) is 61.2 Å². The fraction of sp³-hybridized carbons (Fsp3) is 0.167. The molecule has 0 aliphatic heterocycles. The van der Waals surface area contributed by atoms with E-state index < -0.39 is 0 Å². The number of hydrogen-bond acceptors (Lipinski definition) is 3. The number of methoxy groups -OCH3 is 1. The molecular weight excluding hydrogens is 276 g/mol. The highest BCUT2D eigenvalue weighted by Gasteiger charge is 2.03. The van der Waals surface area contributed by atoms with E-state index >= 15 is 0 Å². The number of carbonyl (C=O) groups excluding carboxylic acids is 1. The largest absolute Gasteiger partial charge is 0.497 e. The van der Waals surface area contributed by atoms with Crippen LogP contribution in [-0.4, -0.2) is 13.0 Å². The number of aryl methyl sites for hydroxylation is 1. The number of hydrogen-bond donors (Lipinski definition) is 2. The van der Waals surface area contributed by atoms with E-state index in [4.69, 9.17) is 4.74 Å². The Hall–Kier alpha value is -2.75. The van der Waals surface area contributed by atoms with Gasteiger partial charge in [0.15, 0.2) is 0 Å². The lowest BCUT2D eigenvalue weighted by atomic mass is 10.1. The number of ether oxygens (including phenoxy) is 1. The maximum atomic E-state index is 11.8. The highest BCUT2D eigenvalue weighted by molar-refractivity contribution is 5.77. The quantitative estimate of drug-likeness (QED) is 0.772. The second-order valence-corrected chi connectivity index (χ2v) is 4.87. The Morgan fingerprint density at radius 3 is 2.36 bits per heavy atom. The van der Waals surface area contributed by atoms with Crippen LogP contribution >= 0.6 is 0 Å². The molecule has 0 atom stereocenters. The first-order valence-corrected chi connectivity index (χ1v) is 7.11. The van der Waals surface area contributed by atoms with Crippen LogP contribution < -0.4 is 15.6 Å². The summed E-state index contributed by atoms with van der Waals surface area (Å²) in [6, 6.07) is 17.4. The molecule has 0 saturated carbocycles. The molecule has 0 fully saturated rings. The van der Waals surface area contributed by atoms with Crippen molar-refractivity contribution in [2.45, 2.75) is 12.8 Å². The van der Waals surface area contributed by atoms with Gasteiger partial charge in [-0.3, -0.25) is 15.6 Å². The topological polar surface area (TPSA) is 50.4 Å². The zero-order valence-electron chi connectivity index (χ0n) is 12.6. The van der Waals surface area contributed by atoms with Gasteiger partial charge in [-0.2, -0.15) is 0 Å². The molecule has 4 heteroatoms. The average Bonchev–Trinajstić information content (AvgIpc) is 2.58. The minimum absolute atomic E-state index is 0.0708. The number of rotatable bonds is 7. The van der Waals surface area contributed by atoms with Gasteiger partial charge in [-0.1, -0.05) is 36.9 Å². The zero-order valence-corrected chi connectivity index (χ0v) is 12.6. The van der Waals surface area contributed by atoms with Crippen LogP contribution in [0.5, 0.6) is 5.75 Å². The van der Waals surface area contributed by atoms with Crippen LogP contribution in [0.3, 0.4) is 0 Å². The van der Waals surface area contributed by atoms with Crippen molar-refractivity contribution >= 4 is 11.6 Å². The Morgan fingerprint density at radius 2 is 1.73 bits per heavy atom. The van der Waals surface area contributed by atoms with E-state index in [1.807, 2.05) is 54.6 Å². The first kappa shape index (κ1) is 15.6. The smallest absolute Gasteiger partial charge is 0.238 e. The molecule has 1 amide bonds. The summed E-state index contributed by atoms with van der Waals surface area (Å²) in [5, 5.41) is 0. The summed E-state index contributed by atoms with van der Waals surface area (Å²) in [5.41, 5.74) is 8.17. The van der Waals surface area contributed by atoms with Gasteiger partial charge in [0.1, 0.15) is 5.75 Å². The number of amides is 1. The molecular formula is C18H20N2O2. The van der Waals surface area contributed by atoms with Crippen LogP contribution in [0.25, 0.3) is 5.70 Å². The molecule has 0 spiro atoms. The molecule has 0 bridgehead atoms. The van der Waals surface area contributed by atoms with Crippen molar-refractivity contribution in [2.24, 2.45) is 0 Å². The third kappa shape index (κ3) is 4.66. The molecule has 0 heterocycles. The molecule has 0 radical (unpaired) electrons. The molecule has 0 unspecified atom stereocenters. The monoisotopic (exact) mass is 296 g/mol. The van der Waals surface area contributed by atoms with Crippen LogP contribution in [0.2, 0.25) is 0 Å². The fourth-order valence-corrected chi connectivity index (χ4v) is 1.97. The summed E-state index contributed by atoms with van der Waals surface area (Å²) in [7, 11) is 1.62. The lowest BCUT2D eigenvalue weighted by Crippen LogP contribution is -2.35. The molecule has 2 N–H and O–H groups in total. The Kier molecular flexibility index (Phi) is 5.60. The van der Waals surface area contributed by atoms with E-state index in [1.54, 1.807) is 7.11 Å². The van der Waals surface area contributed by atoms with Crippen molar-refractivity contribution in [1.82, 2.24) is 10.9 Å². The molecule has 0 aliphatic rings. The second kappa shape index (κ2) is 7.88. The van der Waals surface area contributed by atoms with E-state index in [1.165, 1.54) is 0 Å². The predicted molar refractivity (Wildman–Crippen MR) is 88.1 cm³/mol. The van der Waals surface area contributed by atoms with Crippen molar-refractivity contribution < 1.29 is 9.53 Å². The van der Waals surface area contributed by atoms with Crippen molar-refractivity contribution in [3.63, 3.8) is 0 Å². The molecule has 0 aliphatic carbocycles. The normalized spacial score (nSPS) is 9.86. The fourth-order valence-electron chi connectivity index (χ4n) is 1.97. The molecule has 0 saturated heterocycles. The summed E-state index contributed by atoms with van der Waals surface area (Å²) in [4.78, 5) is 11.8. The average molecular weight is 296 g/mol. The highest BCUT2D eigenvalue weighted by atomic mass is 16.5. The Morgan fingerprint density at radius 1 is 1.05 bits per heavy atom. The van der Waals surface area contributed by atoms with Crippen molar-refractivity contribution in [1.29, 1.82) is 0 Å². The minimum Gasteiger partial charge on any atom is -0.497 e. The molecule has 4 nitrogen and oxygen atoms in total. The number of nitrogens with one attached hydrogen (secondary N) is 2. The van der Waals surface area contributed by atoms with Gasteiger partial charge in [0.25, 0.3) is 0 Å². The third-order valence-electron chi connectivity index (χ3n) is 3.27. The van der Waals surface area contributed by atoms with Gasteiger partial charge in [0.2, 0.25) is 5.91 Å². The Bertz CT molecular complexity index is 621. The lowest BCUT2D eigenvalue weighted by molar-refractivity contribution is -0.121. The summed E-state index contributed by atoms with van der Waals surface area (Å²) in [5.74, 6) is 0.710. The predicted octanol–water partition coefficient (Wildman–Crippen LogP) is 2.92. The molecule has 0 aromatic heterocycles. The van der Waals surface area contributed by atoms with Gasteiger partial charge in [0.05, 0.1) is 12.8 Å². The van der Waals surface area contributed by atoms with Gasteiger partial charge >= 0.3 is 0 Å². The van der Waals surface area contributed by atoms with Crippen LogP contribution in [0.4, 0.5) is 0 Å². The van der Waals surface area contributed by atoms with Crippen molar-refractivity contribution in [2.75, 3.05) is 7.11 Å². The molecule has 22 heavy (non-hydrogen) atoms. The van der Waals surface area contributed by atoms with Gasteiger partial charge in [-0.25, -0.2) is 0 Å². The molecule has 2 aromatic carbocycles. The number of hydrazine groups is 1. The molecule has 2 aromatic rings. The van der Waals surface area contributed by atoms with E-state index in [2.05, 4.69) is 17.4 Å². The number of benzene rings is 2. The minimum atomic E-state index is -0.0708. The van der Waals surface area contributed by atoms with Crippen LogP contribution in [0, 0.1) is 0 Å². The van der Waals surface area contributed by atoms with Gasteiger partial charge in [-0.05, 0) is 41.8 Å². The summed E-state index contributed by atoms with van der Waals surface area (Å²) < 4.78 is 5.10. The summed E-state index contributed by atoms with van der Waals surface area (Å²) in [6.45, 7) is 3.90. The van der Waals surface area contributed by atoms with E-state index in [-0.39, 0.29) is 5.91 Å². The molecule has 114 valence electrons. The zero-order chi connectivity index (χ0) is 15.8. The Labute approximate surface area is 130 Å². The van der Waals surface area contributed by atoms with Crippen molar-refractivity contribution in [3.8, 4) is 5.75 Å². The van der Waals surface area contributed by atoms with Crippen LogP contribution in [-0.2, 0) is 11.2 Å².